The lowest BCUT2D eigenvalue weighted by Gasteiger charge is -2.28. The van der Waals surface area contributed by atoms with Crippen LogP contribution in [0.5, 0.6) is 0 Å². The van der Waals surface area contributed by atoms with Gasteiger partial charge in [0.25, 0.3) is 5.56 Å². The number of aromatic nitrogens is 3. The van der Waals surface area contributed by atoms with E-state index in [1.165, 1.54) is 5.69 Å². The third kappa shape index (κ3) is 4.04. The van der Waals surface area contributed by atoms with Gasteiger partial charge in [0.05, 0.1) is 15.6 Å². The normalized spacial score (nSPS) is 14.3. The van der Waals surface area contributed by atoms with E-state index >= 15 is 0 Å². The minimum absolute atomic E-state index is 0.0929. The second-order valence-corrected chi connectivity index (χ2v) is 7.92. The summed E-state index contributed by atoms with van der Waals surface area (Å²) in [5.41, 5.74) is 3.91. The third-order valence-electron chi connectivity index (χ3n) is 4.84. The van der Waals surface area contributed by atoms with Crippen molar-refractivity contribution in [2.24, 2.45) is 0 Å². The molecule has 0 bridgehead atoms. The summed E-state index contributed by atoms with van der Waals surface area (Å²) in [4.78, 5) is 20.3. The topological polar surface area (TPSA) is 56.8 Å². The predicted octanol–water partition coefficient (Wildman–Crippen LogP) is 4.15. The van der Waals surface area contributed by atoms with E-state index in [2.05, 4.69) is 31.7 Å². The monoisotopic (exact) mass is 420 g/mol. The first-order chi connectivity index (χ1) is 13.0. The predicted molar refractivity (Wildman–Crippen MR) is 110 cm³/mol. The molecule has 4 rings (SSSR count). The SMILES string of the molecule is O=c1[nH]c(=S)[nH]c2c1CN(Cc1cccn1Cc1ccc(Cl)c(Cl)c1)CC2. The highest BCUT2D eigenvalue weighted by atomic mass is 35.5. The van der Waals surface area contributed by atoms with Crippen molar-refractivity contribution < 1.29 is 0 Å². The molecule has 0 aliphatic carbocycles. The van der Waals surface area contributed by atoms with Crippen molar-refractivity contribution >= 4 is 35.4 Å². The summed E-state index contributed by atoms with van der Waals surface area (Å²) in [6, 6.07) is 9.84. The van der Waals surface area contributed by atoms with Crippen LogP contribution >= 0.6 is 35.4 Å². The Morgan fingerprint density at radius 3 is 2.78 bits per heavy atom. The first kappa shape index (κ1) is 18.5. The Morgan fingerprint density at radius 2 is 1.96 bits per heavy atom. The average Bonchev–Trinajstić information content (AvgIpc) is 3.05. The van der Waals surface area contributed by atoms with Gasteiger partial charge in [0, 0.05) is 50.2 Å². The van der Waals surface area contributed by atoms with Crippen molar-refractivity contribution in [3.8, 4) is 0 Å². The maximum Gasteiger partial charge on any atom is 0.256 e. The van der Waals surface area contributed by atoms with Gasteiger partial charge in [-0.25, -0.2) is 0 Å². The standard InChI is InChI=1S/C19H18Cl2N4OS/c20-15-4-3-12(8-16(15)21)9-25-6-1-2-13(25)10-24-7-5-17-14(11-24)18(26)23-19(27)22-17/h1-4,6,8H,5,7,9-11H2,(H2,22,23,26,27). The Hall–Kier alpha value is -1.86. The van der Waals surface area contributed by atoms with Crippen LogP contribution < -0.4 is 5.56 Å². The summed E-state index contributed by atoms with van der Waals surface area (Å²) in [7, 11) is 0. The molecule has 1 aliphatic heterocycles. The fourth-order valence-corrected chi connectivity index (χ4v) is 4.00. The second kappa shape index (κ2) is 7.64. The fourth-order valence-electron chi connectivity index (χ4n) is 3.46. The Bertz CT molecular complexity index is 1100. The van der Waals surface area contributed by atoms with Crippen molar-refractivity contribution in [1.82, 2.24) is 19.4 Å². The average molecular weight is 421 g/mol. The molecule has 140 valence electrons. The molecule has 0 amide bonds. The van der Waals surface area contributed by atoms with Gasteiger partial charge in [-0.15, -0.1) is 0 Å². The largest absolute Gasteiger partial charge is 0.346 e. The number of hydrogen-bond donors (Lipinski definition) is 2. The second-order valence-electron chi connectivity index (χ2n) is 6.70. The van der Waals surface area contributed by atoms with Crippen LogP contribution in [0, 0.1) is 4.77 Å². The number of fused-ring (bicyclic) bond motifs is 1. The van der Waals surface area contributed by atoms with E-state index in [9.17, 15) is 4.79 Å². The van der Waals surface area contributed by atoms with Gasteiger partial charge >= 0.3 is 0 Å². The van der Waals surface area contributed by atoms with E-state index in [1.807, 2.05) is 24.3 Å². The molecule has 0 fully saturated rings. The molecular weight excluding hydrogens is 403 g/mol. The number of hydrogen-bond acceptors (Lipinski definition) is 3. The van der Waals surface area contributed by atoms with Crippen molar-refractivity contribution in [3.63, 3.8) is 0 Å². The van der Waals surface area contributed by atoms with Crippen molar-refractivity contribution in [2.45, 2.75) is 26.1 Å². The number of benzene rings is 1. The number of rotatable bonds is 4. The molecule has 1 aliphatic rings. The zero-order valence-electron chi connectivity index (χ0n) is 14.5. The molecule has 0 spiro atoms. The van der Waals surface area contributed by atoms with Crippen molar-refractivity contribution in [1.29, 1.82) is 0 Å². The van der Waals surface area contributed by atoms with Gasteiger partial charge in [0.15, 0.2) is 4.77 Å². The zero-order chi connectivity index (χ0) is 19.0. The van der Waals surface area contributed by atoms with E-state index in [0.717, 1.165) is 42.9 Å². The lowest BCUT2D eigenvalue weighted by molar-refractivity contribution is 0.236. The molecule has 2 N–H and O–H groups in total. The van der Waals surface area contributed by atoms with Gasteiger partial charge in [-0.2, -0.15) is 0 Å². The van der Waals surface area contributed by atoms with Crippen LogP contribution in [0.15, 0.2) is 41.3 Å². The van der Waals surface area contributed by atoms with E-state index in [0.29, 0.717) is 21.4 Å². The van der Waals surface area contributed by atoms with Crippen LogP contribution in [0.1, 0.15) is 22.5 Å². The van der Waals surface area contributed by atoms with E-state index < -0.39 is 0 Å². The van der Waals surface area contributed by atoms with Gasteiger partial charge in [0.1, 0.15) is 0 Å². The van der Waals surface area contributed by atoms with Crippen LogP contribution in [0.25, 0.3) is 0 Å². The number of nitrogens with one attached hydrogen (secondary N) is 2. The summed E-state index contributed by atoms with van der Waals surface area (Å²) in [6.07, 6.45) is 2.84. The Balaban J connectivity index is 1.51. The molecule has 1 aromatic carbocycles. The van der Waals surface area contributed by atoms with Gasteiger partial charge in [-0.1, -0.05) is 29.3 Å². The van der Waals surface area contributed by atoms with Crippen molar-refractivity contribution in [2.75, 3.05) is 6.54 Å². The Labute approximate surface area is 171 Å². The van der Waals surface area contributed by atoms with Crippen molar-refractivity contribution in [3.05, 3.63) is 84.2 Å². The maximum absolute atomic E-state index is 12.2. The number of H-pyrrole nitrogens is 2. The number of nitrogens with zero attached hydrogens (tertiary/aromatic N) is 2. The lowest BCUT2D eigenvalue weighted by atomic mass is 10.1. The minimum atomic E-state index is -0.0929. The van der Waals surface area contributed by atoms with E-state index in [1.54, 1.807) is 0 Å². The van der Waals surface area contributed by atoms with E-state index in [-0.39, 0.29) is 5.56 Å². The quantitative estimate of drug-likeness (QED) is 0.623. The summed E-state index contributed by atoms with van der Waals surface area (Å²) in [5, 5.41) is 1.12. The number of halogens is 2. The van der Waals surface area contributed by atoms with Crippen LogP contribution in [0.2, 0.25) is 10.0 Å². The van der Waals surface area contributed by atoms with Crippen LogP contribution in [-0.4, -0.2) is 26.0 Å². The summed E-state index contributed by atoms with van der Waals surface area (Å²) in [5.74, 6) is 0. The van der Waals surface area contributed by atoms with E-state index in [4.69, 9.17) is 35.4 Å². The first-order valence-electron chi connectivity index (χ1n) is 8.64. The molecule has 8 heteroatoms. The van der Waals surface area contributed by atoms with Gasteiger partial charge in [-0.3, -0.25) is 14.7 Å². The smallest absolute Gasteiger partial charge is 0.256 e. The molecule has 0 radical (unpaired) electrons. The molecule has 27 heavy (non-hydrogen) atoms. The number of aromatic amines is 2. The van der Waals surface area contributed by atoms with Crippen LogP contribution in [0.3, 0.4) is 0 Å². The molecule has 0 atom stereocenters. The fraction of sp³-hybridized carbons (Fsp3) is 0.263. The van der Waals surface area contributed by atoms with Gasteiger partial charge in [-0.05, 0) is 42.0 Å². The molecule has 5 nitrogen and oxygen atoms in total. The van der Waals surface area contributed by atoms with Gasteiger partial charge in [0.2, 0.25) is 0 Å². The molecule has 3 aromatic rings. The Morgan fingerprint density at radius 1 is 1.11 bits per heavy atom. The van der Waals surface area contributed by atoms with Crippen LogP contribution in [0.4, 0.5) is 0 Å². The molecule has 0 saturated heterocycles. The zero-order valence-corrected chi connectivity index (χ0v) is 16.8. The highest BCUT2D eigenvalue weighted by Crippen LogP contribution is 2.24. The summed E-state index contributed by atoms with van der Waals surface area (Å²) in [6.45, 7) is 2.97. The van der Waals surface area contributed by atoms with Gasteiger partial charge < -0.3 is 9.55 Å². The molecular formula is C19H18Cl2N4OS. The maximum atomic E-state index is 12.2. The highest BCUT2D eigenvalue weighted by Gasteiger charge is 2.20. The third-order valence-corrected chi connectivity index (χ3v) is 5.78. The molecule has 0 unspecified atom stereocenters. The molecule has 0 saturated carbocycles. The molecule has 3 heterocycles. The van der Waals surface area contributed by atoms with Crippen LogP contribution in [-0.2, 0) is 26.1 Å². The summed E-state index contributed by atoms with van der Waals surface area (Å²) < 4.78 is 2.58. The minimum Gasteiger partial charge on any atom is -0.346 e. The highest BCUT2D eigenvalue weighted by molar-refractivity contribution is 7.71. The lowest BCUT2D eigenvalue weighted by Crippen LogP contribution is -2.35. The Kier molecular flexibility index (Phi) is 5.23. The first-order valence-corrected chi connectivity index (χ1v) is 9.80. The summed E-state index contributed by atoms with van der Waals surface area (Å²) >= 11 is 17.2. The molecule has 2 aromatic heterocycles.